The minimum atomic E-state index is -0.717. The molecule has 3 heterocycles. The Morgan fingerprint density at radius 2 is 1.79 bits per heavy atom. The number of nitrogens with one attached hydrogen (secondary N) is 2. The van der Waals surface area contributed by atoms with Crippen molar-refractivity contribution < 1.29 is 18.8 Å². The lowest BCUT2D eigenvalue weighted by molar-refractivity contribution is -0.125. The number of hydrogen-bond acceptors (Lipinski definition) is 7. The molecule has 0 aliphatic carbocycles. The summed E-state index contributed by atoms with van der Waals surface area (Å²) in [5.74, 6) is 0.516. The molecular weight excluding hydrogens is 526 g/mol. The third kappa shape index (κ3) is 5.81. The van der Waals surface area contributed by atoms with Crippen molar-refractivity contribution in [3.8, 4) is 0 Å². The van der Waals surface area contributed by atoms with Crippen molar-refractivity contribution in [2.24, 2.45) is 9.98 Å². The molecule has 38 heavy (non-hydrogen) atoms. The summed E-state index contributed by atoms with van der Waals surface area (Å²) in [4.78, 5) is 49.0. The highest BCUT2D eigenvalue weighted by Gasteiger charge is 2.41. The summed E-state index contributed by atoms with van der Waals surface area (Å²) in [5, 5.41) is 6.59. The zero-order valence-electron chi connectivity index (χ0n) is 20.2. The average Bonchev–Trinajstić information content (AvgIpc) is 3.57. The maximum atomic E-state index is 13.4. The number of amides is 3. The van der Waals surface area contributed by atoms with Crippen LogP contribution in [0.2, 0.25) is 5.02 Å². The van der Waals surface area contributed by atoms with Crippen molar-refractivity contribution >= 4 is 57.8 Å². The van der Waals surface area contributed by atoms with E-state index in [0.717, 1.165) is 22.9 Å². The van der Waals surface area contributed by atoms with Crippen LogP contribution >= 0.6 is 23.4 Å². The van der Waals surface area contributed by atoms with Gasteiger partial charge in [0.1, 0.15) is 17.6 Å². The fourth-order valence-corrected chi connectivity index (χ4v) is 5.09. The molecule has 0 spiro atoms. The molecule has 9 nitrogen and oxygen atoms in total. The van der Waals surface area contributed by atoms with Gasteiger partial charge in [-0.05, 0) is 42.3 Å². The van der Waals surface area contributed by atoms with Gasteiger partial charge in [0.15, 0.2) is 5.17 Å². The number of hydrogen-bond donors (Lipinski definition) is 2. The first kappa shape index (κ1) is 25.7. The maximum absolute atomic E-state index is 13.4. The average molecular weight is 550 g/mol. The molecule has 0 saturated carbocycles. The standard InChI is InChI=1S/C27H24ClN5O4S/c28-20-9-3-1-6-17(20)14-29-24(35)16-38-27-32-21-10-4-2-8-19(21)25-31-22(26(36)33(25)27)11-12-23(34)30-15-18-7-5-13-37-18/h1-10,13,22H,11-12,14-16H2,(H,29,35)(H,30,34). The summed E-state index contributed by atoms with van der Waals surface area (Å²) < 4.78 is 5.22. The number of furan rings is 1. The Labute approximate surface area is 228 Å². The van der Waals surface area contributed by atoms with Crippen LogP contribution < -0.4 is 10.6 Å². The minimum absolute atomic E-state index is 0.0579. The Morgan fingerprint density at radius 1 is 1.00 bits per heavy atom. The molecule has 2 N–H and O–H groups in total. The molecule has 0 saturated heterocycles. The third-order valence-corrected chi connectivity index (χ3v) is 7.31. The number of aliphatic imine (C=N–C) groups is 2. The van der Waals surface area contributed by atoms with E-state index in [1.165, 1.54) is 4.90 Å². The van der Waals surface area contributed by atoms with Crippen molar-refractivity contribution in [1.82, 2.24) is 15.5 Å². The highest BCUT2D eigenvalue weighted by atomic mass is 35.5. The zero-order chi connectivity index (χ0) is 26.5. The molecule has 1 aromatic heterocycles. The predicted octanol–water partition coefficient (Wildman–Crippen LogP) is 4.04. The molecule has 0 bridgehead atoms. The molecule has 2 aromatic carbocycles. The summed E-state index contributed by atoms with van der Waals surface area (Å²) in [6, 6.07) is 17.5. The van der Waals surface area contributed by atoms with Crippen LogP contribution in [0.4, 0.5) is 5.69 Å². The molecule has 0 radical (unpaired) electrons. The number of rotatable bonds is 9. The van der Waals surface area contributed by atoms with E-state index in [1.807, 2.05) is 42.5 Å². The van der Waals surface area contributed by atoms with Gasteiger partial charge in [-0.15, -0.1) is 0 Å². The fourth-order valence-electron chi connectivity index (χ4n) is 4.06. The lowest BCUT2D eigenvalue weighted by Gasteiger charge is -2.25. The maximum Gasteiger partial charge on any atom is 0.259 e. The Balaban J connectivity index is 1.22. The Hall–Kier alpha value is -3.89. The van der Waals surface area contributed by atoms with E-state index in [4.69, 9.17) is 16.0 Å². The summed E-state index contributed by atoms with van der Waals surface area (Å²) in [5.41, 5.74) is 2.22. The number of halogens is 1. The molecule has 1 unspecified atom stereocenters. The Kier molecular flexibility index (Phi) is 7.90. The van der Waals surface area contributed by atoms with Gasteiger partial charge in [-0.1, -0.05) is 53.7 Å². The van der Waals surface area contributed by atoms with Crippen LogP contribution in [0.5, 0.6) is 0 Å². The minimum Gasteiger partial charge on any atom is -0.467 e. The van der Waals surface area contributed by atoms with Gasteiger partial charge in [0.2, 0.25) is 11.8 Å². The molecule has 5 rings (SSSR count). The Bertz CT molecular complexity index is 1420. The SMILES string of the molecule is O=C(CCC1N=C2c3ccccc3N=C(SCC(=O)NCc3ccccc3Cl)N2C1=O)NCc1ccco1. The van der Waals surface area contributed by atoms with Crippen molar-refractivity contribution in [3.05, 3.63) is 88.8 Å². The van der Waals surface area contributed by atoms with Gasteiger partial charge in [-0.25, -0.2) is 9.89 Å². The second kappa shape index (κ2) is 11.7. The van der Waals surface area contributed by atoms with Gasteiger partial charge < -0.3 is 15.1 Å². The number of carbonyl (C=O) groups is 3. The second-order valence-corrected chi connectivity index (χ2v) is 9.95. The van der Waals surface area contributed by atoms with Crippen molar-refractivity contribution in [1.29, 1.82) is 0 Å². The van der Waals surface area contributed by atoms with E-state index in [1.54, 1.807) is 24.5 Å². The second-order valence-electron chi connectivity index (χ2n) is 8.61. The van der Waals surface area contributed by atoms with Crippen LogP contribution in [0.3, 0.4) is 0 Å². The molecule has 194 valence electrons. The lowest BCUT2D eigenvalue weighted by atomic mass is 10.1. The zero-order valence-corrected chi connectivity index (χ0v) is 21.8. The molecule has 0 fully saturated rings. The summed E-state index contributed by atoms with van der Waals surface area (Å²) in [6.45, 7) is 0.582. The smallest absolute Gasteiger partial charge is 0.259 e. The quantitative estimate of drug-likeness (QED) is 0.418. The van der Waals surface area contributed by atoms with Gasteiger partial charge in [0.25, 0.3) is 5.91 Å². The van der Waals surface area contributed by atoms with E-state index in [0.29, 0.717) is 34.0 Å². The number of para-hydroxylation sites is 1. The largest absolute Gasteiger partial charge is 0.467 e. The topological polar surface area (TPSA) is 116 Å². The van der Waals surface area contributed by atoms with Gasteiger partial charge in [-0.2, -0.15) is 0 Å². The summed E-state index contributed by atoms with van der Waals surface area (Å²) >= 11 is 7.33. The van der Waals surface area contributed by atoms with Crippen LogP contribution in [0, 0.1) is 0 Å². The van der Waals surface area contributed by atoms with Gasteiger partial charge in [-0.3, -0.25) is 19.4 Å². The van der Waals surface area contributed by atoms with E-state index >= 15 is 0 Å². The summed E-state index contributed by atoms with van der Waals surface area (Å²) in [7, 11) is 0. The molecule has 3 aromatic rings. The number of thioether (sulfide) groups is 1. The van der Waals surface area contributed by atoms with Crippen LogP contribution in [0.15, 0.2) is 81.3 Å². The number of fused-ring (bicyclic) bond motifs is 3. The normalized spacial score (nSPS) is 15.9. The number of amidine groups is 2. The summed E-state index contributed by atoms with van der Waals surface area (Å²) in [6.07, 6.45) is 1.93. The van der Waals surface area contributed by atoms with Gasteiger partial charge >= 0.3 is 0 Å². The first-order chi connectivity index (χ1) is 18.5. The molecule has 1 atom stereocenters. The van der Waals surface area contributed by atoms with Crippen molar-refractivity contribution in [2.45, 2.75) is 32.0 Å². The number of nitrogens with zero attached hydrogens (tertiary/aromatic N) is 3. The van der Waals surface area contributed by atoms with E-state index in [2.05, 4.69) is 20.6 Å². The molecule has 11 heteroatoms. The predicted molar refractivity (Wildman–Crippen MR) is 146 cm³/mol. The van der Waals surface area contributed by atoms with E-state index in [-0.39, 0.29) is 42.9 Å². The number of carbonyl (C=O) groups excluding carboxylic acids is 3. The monoisotopic (exact) mass is 549 g/mol. The first-order valence-electron chi connectivity index (χ1n) is 12.0. The van der Waals surface area contributed by atoms with Crippen LogP contribution in [0.1, 0.15) is 29.7 Å². The third-order valence-electron chi connectivity index (χ3n) is 6.00. The number of benzene rings is 2. The fraction of sp³-hybridized carbons (Fsp3) is 0.222. The van der Waals surface area contributed by atoms with E-state index in [9.17, 15) is 14.4 Å². The van der Waals surface area contributed by atoms with E-state index < -0.39 is 6.04 Å². The van der Waals surface area contributed by atoms with Crippen molar-refractivity contribution in [2.75, 3.05) is 5.75 Å². The molecule has 2 aliphatic rings. The molecule has 3 amide bonds. The highest BCUT2D eigenvalue weighted by molar-refractivity contribution is 8.14. The van der Waals surface area contributed by atoms with Crippen LogP contribution in [-0.2, 0) is 27.5 Å². The molecule has 2 aliphatic heterocycles. The van der Waals surface area contributed by atoms with Gasteiger partial charge in [0, 0.05) is 23.6 Å². The van der Waals surface area contributed by atoms with Gasteiger partial charge in [0.05, 0.1) is 24.2 Å². The molecular formula is C27H24ClN5O4S. The van der Waals surface area contributed by atoms with Crippen molar-refractivity contribution in [3.63, 3.8) is 0 Å². The van der Waals surface area contributed by atoms with Crippen LogP contribution in [-0.4, -0.2) is 45.4 Å². The highest BCUT2D eigenvalue weighted by Crippen LogP contribution is 2.34. The first-order valence-corrected chi connectivity index (χ1v) is 13.4. The lowest BCUT2D eigenvalue weighted by Crippen LogP contribution is -2.41. The van der Waals surface area contributed by atoms with Crippen LogP contribution in [0.25, 0.3) is 0 Å². The Morgan fingerprint density at radius 3 is 2.61 bits per heavy atom.